The summed E-state index contributed by atoms with van der Waals surface area (Å²) < 4.78 is 35.8. The van der Waals surface area contributed by atoms with Gasteiger partial charge in [-0.2, -0.15) is 0 Å². The van der Waals surface area contributed by atoms with Crippen LogP contribution in [-0.2, 0) is 115 Å². The maximum Gasteiger partial charge on any atom is 0.332 e. The Bertz CT molecular complexity index is 3710. The van der Waals surface area contributed by atoms with E-state index in [-0.39, 0.29) is 25.2 Å². The average Bonchev–Trinajstić information content (AvgIpc) is 0.762. The number of aliphatic carboxylic acids is 6. The molecule has 0 unspecified atom stereocenters. The molecule has 0 aromatic rings. The largest absolute Gasteiger partial charge is 0.481 e. The number of ether oxygens (including phenoxy) is 6. The fourth-order valence-corrected chi connectivity index (χ4v) is 13.8. The maximum absolute atomic E-state index is 14.7. The molecular formula is C74H118N12O39. The monoisotopic (exact) mass is 1800 g/mol. The van der Waals surface area contributed by atoms with Crippen LogP contribution in [0.4, 0.5) is 0 Å². The molecule has 1 aliphatic carbocycles. The van der Waals surface area contributed by atoms with Crippen molar-refractivity contribution < 1.29 is 191 Å². The molecule has 4 aliphatic rings. The molecule has 27 N–H and O–H groups in total. The molecule has 0 aromatic heterocycles. The van der Waals surface area contributed by atoms with Crippen LogP contribution in [0.1, 0.15) is 151 Å². The summed E-state index contributed by atoms with van der Waals surface area (Å²) >= 11 is 0. The third kappa shape index (κ3) is 35.3. The van der Waals surface area contributed by atoms with Crippen LogP contribution in [0, 0.1) is 17.8 Å². The van der Waals surface area contributed by atoms with Crippen LogP contribution in [0.15, 0.2) is 0 Å². The molecule has 3 saturated heterocycles. The summed E-state index contributed by atoms with van der Waals surface area (Å²) in [5, 5.41) is 183. The first kappa shape index (κ1) is 107. The van der Waals surface area contributed by atoms with Crippen LogP contribution in [0.2, 0.25) is 0 Å². The Labute approximate surface area is 713 Å². The van der Waals surface area contributed by atoms with E-state index < -0.39 is 355 Å². The smallest absolute Gasteiger partial charge is 0.332 e. The molecule has 4 rings (SSSR count). The van der Waals surface area contributed by atoms with Gasteiger partial charge < -0.3 is 169 Å². The van der Waals surface area contributed by atoms with E-state index in [2.05, 4.69) is 47.9 Å². The highest BCUT2D eigenvalue weighted by Gasteiger charge is 2.56. The number of carboxylic acid groups (broad SMARTS) is 6. The van der Waals surface area contributed by atoms with Gasteiger partial charge in [0.15, 0.2) is 24.9 Å². The van der Waals surface area contributed by atoms with E-state index in [1.54, 1.807) is 0 Å². The van der Waals surface area contributed by atoms with Gasteiger partial charge in [0.05, 0.1) is 51.9 Å². The van der Waals surface area contributed by atoms with Crippen LogP contribution < -0.4 is 63.8 Å². The molecular weight excluding hydrogens is 1680 g/mol. The average molecular weight is 1800 g/mol. The molecule has 125 heavy (non-hydrogen) atoms. The normalized spacial score (nSPS) is 25.3. The van der Waals surface area contributed by atoms with Crippen LogP contribution in [0.25, 0.3) is 0 Å². The van der Waals surface area contributed by atoms with E-state index in [0.717, 1.165) is 40.0 Å². The summed E-state index contributed by atoms with van der Waals surface area (Å²) in [7, 11) is 0. The molecule has 25 atom stereocenters. The van der Waals surface area contributed by atoms with Crippen molar-refractivity contribution in [3.8, 4) is 0 Å². The molecule has 0 aromatic carbocycles. The molecule has 3 heterocycles. The summed E-state index contributed by atoms with van der Waals surface area (Å²) in [6.45, 7) is 3.94. The summed E-state index contributed by atoms with van der Waals surface area (Å²) in [6, 6.07) is -20.0. The number of hydrogen-bond donors (Lipinski definition) is 27. The lowest BCUT2D eigenvalue weighted by atomic mass is 9.85. The van der Waals surface area contributed by atoms with Gasteiger partial charge in [0, 0.05) is 33.1 Å². The fraction of sp³-hybridized carbons (Fsp3) is 0.757. The minimum Gasteiger partial charge on any atom is -0.481 e. The Morgan fingerprint density at radius 3 is 1.35 bits per heavy atom. The Hall–Kier alpha value is -10.1. The molecule has 51 heteroatoms. The third-order valence-corrected chi connectivity index (χ3v) is 20.2. The second-order valence-corrected chi connectivity index (χ2v) is 31.5. The number of hydrogen-bond acceptors (Lipinski definition) is 33. The first-order valence-corrected chi connectivity index (χ1v) is 40.3. The van der Waals surface area contributed by atoms with Crippen molar-refractivity contribution in [3.05, 3.63) is 0 Å². The zero-order chi connectivity index (χ0) is 94.1. The lowest BCUT2D eigenvalue weighted by Crippen LogP contribution is -2.72. The van der Waals surface area contributed by atoms with Gasteiger partial charge in [0.1, 0.15) is 121 Å². The molecule has 3 aliphatic heterocycles. The Morgan fingerprint density at radius 2 is 0.896 bits per heavy atom. The lowest BCUT2D eigenvalue weighted by molar-refractivity contribution is -0.360. The van der Waals surface area contributed by atoms with Gasteiger partial charge in [-0.3, -0.25) is 76.7 Å². The van der Waals surface area contributed by atoms with Gasteiger partial charge in [-0.05, 0) is 63.2 Å². The zero-order valence-corrected chi connectivity index (χ0v) is 69.5. The van der Waals surface area contributed by atoms with Crippen molar-refractivity contribution >= 4 is 107 Å². The number of aliphatic hydroxyl groups is 9. The third-order valence-electron chi connectivity index (χ3n) is 20.2. The van der Waals surface area contributed by atoms with E-state index in [1.807, 2.05) is 16.0 Å². The number of carboxylic acids is 6. The molecule has 12 amide bonds. The number of amides is 12. The predicted molar refractivity (Wildman–Crippen MR) is 413 cm³/mol. The van der Waals surface area contributed by atoms with Crippen molar-refractivity contribution in [1.29, 1.82) is 0 Å². The van der Waals surface area contributed by atoms with Crippen molar-refractivity contribution in [2.75, 3.05) is 33.0 Å². The van der Waals surface area contributed by atoms with E-state index in [1.165, 1.54) is 27.7 Å². The number of nitrogens with one attached hydrogen (secondary N) is 12. The topological polar surface area (TPSA) is 810 Å². The van der Waals surface area contributed by atoms with Gasteiger partial charge in [-0.1, -0.05) is 59.8 Å². The number of aliphatic hydroxyl groups excluding tert-OH is 9. The number of rotatable bonds is 52. The first-order valence-electron chi connectivity index (χ1n) is 40.3. The second-order valence-electron chi connectivity index (χ2n) is 31.5. The summed E-state index contributed by atoms with van der Waals surface area (Å²) in [6.07, 6.45) is -33.7. The minimum absolute atomic E-state index is 0.0567. The van der Waals surface area contributed by atoms with Gasteiger partial charge in [0.2, 0.25) is 70.9 Å². The highest BCUT2D eigenvalue weighted by Crippen LogP contribution is 2.35. The van der Waals surface area contributed by atoms with Crippen molar-refractivity contribution in [2.24, 2.45) is 17.8 Å². The molecule has 0 bridgehead atoms. The molecule has 0 radical (unpaired) electrons. The summed E-state index contributed by atoms with van der Waals surface area (Å²) in [5.41, 5.74) is 0. The minimum atomic E-state index is -2.18. The Morgan fingerprint density at radius 1 is 0.432 bits per heavy atom. The number of carbonyl (C=O) groups is 18. The van der Waals surface area contributed by atoms with Crippen LogP contribution in [0.5, 0.6) is 0 Å². The predicted octanol–water partition coefficient (Wildman–Crippen LogP) is -10.7. The number of carbonyl (C=O) groups excluding carboxylic acids is 12. The van der Waals surface area contributed by atoms with Crippen molar-refractivity contribution in [1.82, 2.24) is 63.8 Å². The van der Waals surface area contributed by atoms with Crippen LogP contribution in [0.3, 0.4) is 0 Å². The van der Waals surface area contributed by atoms with E-state index >= 15 is 0 Å². The van der Waals surface area contributed by atoms with Gasteiger partial charge in [-0.15, -0.1) is 0 Å². The highest BCUT2D eigenvalue weighted by atomic mass is 16.7. The van der Waals surface area contributed by atoms with Crippen LogP contribution >= 0.6 is 0 Å². The summed E-state index contributed by atoms with van der Waals surface area (Å²) in [5.74, 6) is -26.3. The lowest BCUT2D eigenvalue weighted by Gasteiger charge is -2.50. The molecule has 708 valence electrons. The standard InChI is InChI=1S/C74H118N12O39/c1-29(2)19-38(65(111)78-36(14-17-50(98)99)64(110)84-42(25-87)68(114)79-35(13-16-49(96)97)63(109)83-41(71(116)117)23-52(102)103)81-62(108)37(15-18-51(100)101)80-69(115)53(31(5)90)86-67(113)39(20-30(3)4)82-66(112)40(77-48(95)24-75-32(6)91)22-47(94)85-70-54(76-33(7)92)60(125-73-57(106)55(104)43(93)28-120-73)59(46(27-89)122-70)124-74-58(107)61(56(105)45(26-88)123-74)121-44(72(118)119)21-34-11-9-8-10-12-34/h29-31,34-46,53-61,70,73-74,87-90,93,104-107H,8-28H2,1-7H3,(H,75,91)(H,76,92)(H,77,95)(H,78,111)(H,79,114)(H,80,115)(H,81,108)(H,82,112)(H,83,109)(H,84,110)(H,85,94)(H,86,113)(H,96,97)(H,98,99)(H,100,101)(H,102,103)(H,116,117)(H,118,119)/t31-,35+,36+,37+,38+,39+,40+,41+,42+,43-,44+,45-,46-,53+,54-,55-,56+,57+,58-,59-,60-,61+,70-,73+,74+/m1/s1. The van der Waals surface area contributed by atoms with E-state index in [9.17, 15) is 158 Å². The SMILES string of the molecule is CC(=O)NCC(=O)N[C@@H](CC(=O)N[C@@H]1O[C@H](CO)[C@@H](O[C@@H]2O[C@H](CO)[C@H](O)[C@H](O[C@@H](CC3CCCCC3)C(=O)O)[C@H]2O)[C@H](O[C@@H]2OC[C@@H](O)[C@@H](O)[C@@H]2O)[C@H]1NC(C)=O)C(=O)N[C@@H](CC(C)C)C(=O)N[C@H](C(=O)N[C@@H](CCC(=O)O)C(=O)N[C@@H](CC(C)C)C(=O)N[C@@H](CCC(=O)O)C(=O)N[C@@H](CO)C(=O)N[C@@H](CCC(=O)O)C(=O)N[C@@H](CC(=O)O)C(=O)O)[C@@H](C)O. The van der Waals surface area contributed by atoms with Crippen molar-refractivity contribution in [2.45, 2.75) is 304 Å². The molecule has 0 spiro atoms. The summed E-state index contributed by atoms with van der Waals surface area (Å²) in [4.78, 5) is 237. The first-order chi connectivity index (χ1) is 58.6. The Balaban J connectivity index is 1.67. The van der Waals surface area contributed by atoms with Gasteiger partial charge in [-0.25, -0.2) is 9.59 Å². The quantitative estimate of drug-likeness (QED) is 0.0269. The second kappa shape index (κ2) is 52.1. The molecule has 51 nitrogen and oxygen atoms in total. The van der Waals surface area contributed by atoms with Crippen molar-refractivity contribution in [3.63, 3.8) is 0 Å². The maximum atomic E-state index is 14.7. The van der Waals surface area contributed by atoms with Gasteiger partial charge >= 0.3 is 35.8 Å². The fourth-order valence-electron chi connectivity index (χ4n) is 13.8. The molecule has 1 saturated carbocycles. The van der Waals surface area contributed by atoms with E-state index in [0.29, 0.717) is 12.8 Å². The zero-order valence-electron chi connectivity index (χ0n) is 69.5. The highest BCUT2D eigenvalue weighted by molar-refractivity contribution is 6.00. The Kier molecular flexibility index (Phi) is 44.7. The van der Waals surface area contributed by atoms with Gasteiger partial charge in [0.25, 0.3) is 0 Å². The van der Waals surface area contributed by atoms with E-state index in [4.69, 9.17) is 33.5 Å². The molecule has 4 fully saturated rings. The van der Waals surface area contributed by atoms with Crippen LogP contribution in [-0.4, -0.2) is 369 Å².